The summed E-state index contributed by atoms with van der Waals surface area (Å²) in [6, 6.07) is 12.8. The van der Waals surface area contributed by atoms with E-state index in [9.17, 15) is 0 Å². The molecule has 1 aliphatic rings. The molecule has 0 aliphatic carbocycles. The van der Waals surface area contributed by atoms with E-state index >= 15 is 0 Å². The number of benzene rings is 1. The largest absolute Gasteiger partial charge is 0.468 e. The summed E-state index contributed by atoms with van der Waals surface area (Å²) in [4.78, 5) is 8.95. The maximum atomic E-state index is 5.58. The number of nitrogens with one attached hydrogen (secondary N) is 1. The lowest BCUT2D eigenvalue weighted by Crippen LogP contribution is -2.46. The van der Waals surface area contributed by atoms with Gasteiger partial charge < -0.3 is 14.6 Å². The Kier molecular flexibility index (Phi) is 7.31. The highest BCUT2D eigenvalue weighted by atomic mass is 127. The maximum Gasteiger partial charge on any atom is 0.194 e. The van der Waals surface area contributed by atoms with Gasteiger partial charge in [-0.3, -0.25) is 9.89 Å². The molecule has 3 rings (SSSR count). The van der Waals surface area contributed by atoms with Gasteiger partial charge in [0.05, 0.1) is 12.3 Å². The lowest BCUT2D eigenvalue weighted by atomic mass is 10.0. The fourth-order valence-electron chi connectivity index (χ4n) is 3.22. The summed E-state index contributed by atoms with van der Waals surface area (Å²) in [5.74, 6) is 1.91. The van der Waals surface area contributed by atoms with E-state index in [1.807, 2.05) is 19.2 Å². The fourth-order valence-corrected chi connectivity index (χ4v) is 3.22. The summed E-state index contributed by atoms with van der Waals surface area (Å²) in [7, 11) is 5.98. The van der Waals surface area contributed by atoms with Gasteiger partial charge in [0.2, 0.25) is 0 Å². The molecule has 1 atom stereocenters. The molecule has 0 bridgehead atoms. The van der Waals surface area contributed by atoms with E-state index in [1.165, 1.54) is 11.1 Å². The zero-order valence-electron chi connectivity index (χ0n) is 15.1. The first-order chi connectivity index (χ1) is 11.7. The van der Waals surface area contributed by atoms with Crippen LogP contribution >= 0.6 is 24.0 Å². The molecule has 0 saturated heterocycles. The lowest BCUT2D eigenvalue weighted by Gasteiger charge is -2.33. The van der Waals surface area contributed by atoms with Crippen molar-refractivity contribution in [1.29, 1.82) is 0 Å². The summed E-state index contributed by atoms with van der Waals surface area (Å²) in [5, 5.41) is 3.51. The minimum atomic E-state index is 0. The average molecular weight is 454 g/mol. The highest BCUT2D eigenvalue weighted by Crippen LogP contribution is 2.20. The third-order valence-electron chi connectivity index (χ3n) is 4.59. The molecule has 1 aromatic carbocycles. The van der Waals surface area contributed by atoms with Gasteiger partial charge in [-0.2, -0.15) is 0 Å². The Morgan fingerprint density at radius 3 is 2.64 bits per heavy atom. The van der Waals surface area contributed by atoms with E-state index in [2.05, 4.69) is 58.5 Å². The minimum absolute atomic E-state index is 0. The van der Waals surface area contributed by atoms with Crippen LogP contribution in [0.15, 0.2) is 52.1 Å². The number of hydrogen-bond acceptors (Lipinski definition) is 3. The summed E-state index contributed by atoms with van der Waals surface area (Å²) in [6.45, 7) is 2.65. The molecule has 5 nitrogen and oxygen atoms in total. The topological polar surface area (TPSA) is 44.0 Å². The third kappa shape index (κ3) is 4.76. The van der Waals surface area contributed by atoms with Crippen molar-refractivity contribution >= 4 is 29.9 Å². The summed E-state index contributed by atoms with van der Waals surface area (Å²) < 4.78 is 5.58. The number of likely N-dealkylation sites (N-methyl/N-ethyl adjacent to an activating group) is 1. The van der Waals surface area contributed by atoms with Crippen molar-refractivity contribution in [2.45, 2.75) is 19.0 Å². The van der Waals surface area contributed by atoms with Gasteiger partial charge in [0, 0.05) is 26.7 Å². The van der Waals surface area contributed by atoms with Gasteiger partial charge in [0.25, 0.3) is 0 Å². The molecule has 25 heavy (non-hydrogen) atoms. The zero-order chi connectivity index (χ0) is 16.9. The second-order valence-electron chi connectivity index (χ2n) is 6.36. The van der Waals surface area contributed by atoms with Crippen molar-refractivity contribution in [3.8, 4) is 0 Å². The van der Waals surface area contributed by atoms with Gasteiger partial charge in [0.1, 0.15) is 5.76 Å². The van der Waals surface area contributed by atoms with Crippen LogP contribution in [0.1, 0.15) is 22.9 Å². The van der Waals surface area contributed by atoms with Gasteiger partial charge in [-0.1, -0.05) is 24.3 Å². The minimum Gasteiger partial charge on any atom is -0.468 e. The summed E-state index contributed by atoms with van der Waals surface area (Å²) in [6.07, 6.45) is 2.79. The Morgan fingerprint density at radius 2 is 2.00 bits per heavy atom. The standard InChI is InChI=1S/C19H26N4O.HI/c1-20-19(21-13-17(22(2)3)18-9-6-12-24-18)23-11-10-15-7-4-5-8-16(15)14-23;/h4-9,12,17H,10-11,13-14H2,1-3H3,(H,20,21);1H. The number of aliphatic imine (C=N–C) groups is 1. The van der Waals surface area contributed by atoms with Crippen molar-refractivity contribution in [3.05, 3.63) is 59.5 Å². The van der Waals surface area contributed by atoms with Crippen molar-refractivity contribution in [2.75, 3.05) is 34.2 Å². The summed E-state index contributed by atoms with van der Waals surface area (Å²) in [5.41, 5.74) is 2.84. The molecule has 0 radical (unpaired) electrons. The van der Waals surface area contributed by atoms with Crippen molar-refractivity contribution in [2.24, 2.45) is 4.99 Å². The van der Waals surface area contributed by atoms with Crippen LogP contribution in [0.2, 0.25) is 0 Å². The molecule has 0 amide bonds. The van der Waals surface area contributed by atoms with Crippen LogP contribution < -0.4 is 5.32 Å². The number of halogens is 1. The van der Waals surface area contributed by atoms with Crippen LogP contribution in [-0.4, -0.2) is 50.0 Å². The van der Waals surface area contributed by atoms with Gasteiger partial charge >= 0.3 is 0 Å². The highest BCUT2D eigenvalue weighted by Gasteiger charge is 2.21. The smallest absolute Gasteiger partial charge is 0.194 e. The molecule has 1 unspecified atom stereocenters. The molecule has 1 aliphatic heterocycles. The molecule has 2 heterocycles. The number of fused-ring (bicyclic) bond motifs is 1. The molecule has 136 valence electrons. The van der Waals surface area contributed by atoms with Crippen LogP contribution in [0.5, 0.6) is 0 Å². The molecular weight excluding hydrogens is 427 g/mol. The fraction of sp³-hybridized carbons (Fsp3) is 0.421. The molecule has 1 aromatic heterocycles. The van der Waals surface area contributed by atoms with Gasteiger partial charge in [-0.25, -0.2) is 0 Å². The highest BCUT2D eigenvalue weighted by molar-refractivity contribution is 14.0. The second kappa shape index (κ2) is 9.24. The van der Waals surface area contributed by atoms with Crippen LogP contribution in [0.3, 0.4) is 0 Å². The van der Waals surface area contributed by atoms with Crippen LogP contribution in [-0.2, 0) is 13.0 Å². The Hall–Kier alpha value is -1.54. The van der Waals surface area contributed by atoms with E-state index < -0.39 is 0 Å². The van der Waals surface area contributed by atoms with Crippen molar-refractivity contribution in [1.82, 2.24) is 15.1 Å². The number of nitrogens with zero attached hydrogens (tertiary/aromatic N) is 3. The van der Waals surface area contributed by atoms with E-state index in [4.69, 9.17) is 4.42 Å². The van der Waals surface area contributed by atoms with Crippen molar-refractivity contribution < 1.29 is 4.42 Å². The van der Waals surface area contributed by atoms with E-state index in [-0.39, 0.29) is 30.0 Å². The van der Waals surface area contributed by atoms with Crippen LogP contribution in [0.25, 0.3) is 0 Å². The number of guanidine groups is 1. The molecule has 0 saturated carbocycles. The number of hydrogen-bond donors (Lipinski definition) is 1. The van der Waals surface area contributed by atoms with Gasteiger partial charge in [-0.15, -0.1) is 24.0 Å². The average Bonchev–Trinajstić information content (AvgIpc) is 3.12. The zero-order valence-corrected chi connectivity index (χ0v) is 17.4. The SMILES string of the molecule is CN=C(NCC(c1ccco1)N(C)C)N1CCc2ccccc2C1.I. The maximum absolute atomic E-state index is 5.58. The normalized spacial score (nSPS) is 15.5. The predicted molar refractivity (Wildman–Crippen MR) is 112 cm³/mol. The van der Waals surface area contributed by atoms with E-state index in [1.54, 1.807) is 6.26 Å². The first-order valence-electron chi connectivity index (χ1n) is 8.41. The Balaban J connectivity index is 0.00000225. The molecule has 0 spiro atoms. The van der Waals surface area contributed by atoms with Crippen LogP contribution in [0.4, 0.5) is 0 Å². The Labute approximate surface area is 167 Å². The molecule has 6 heteroatoms. The van der Waals surface area contributed by atoms with Crippen LogP contribution in [0, 0.1) is 0 Å². The molecular formula is C19H27IN4O. The van der Waals surface area contributed by atoms with Crippen molar-refractivity contribution in [3.63, 3.8) is 0 Å². The first-order valence-corrected chi connectivity index (χ1v) is 8.41. The Morgan fingerprint density at radius 1 is 1.24 bits per heavy atom. The second-order valence-corrected chi connectivity index (χ2v) is 6.36. The summed E-state index contributed by atoms with van der Waals surface area (Å²) >= 11 is 0. The third-order valence-corrected chi connectivity index (χ3v) is 4.59. The quantitative estimate of drug-likeness (QED) is 0.438. The van der Waals surface area contributed by atoms with Gasteiger partial charge in [0.15, 0.2) is 5.96 Å². The first kappa shape index (κ1) is 19.8. The Bertz CT molecular complexity index is 684. The van der Waals surface area contributed by atoms with E-state index in [0.29, 0.717) is 0 Å². The lowest BCUT2D eigenvalue weighted by molar-refractivity contribution is 0.254. The molecule has 2 aromatic rings. The predicted octanol–water partition coefficient (Wildman–Crippen LogP) is 3.13. The monoisotopic (exact) mass is 454 g/mol. The van der Waals surface area contributed by atoms with Gasteiger partial charge in [-0.05, 0) is 43.8 Å². The number of furan rings is 1. The number of rotatable bonds is 4. The molecule has 0 fully saturated rings. The molecule has 1 N–H and O–H groups in total. The van der Waals surface area contributed by atoms with E-state index in [0.717, 1.165) is 37.8 Å².